The van der Waals surface area contributed by atoms with Crippen LogP contribution in [-0.4, -0.2) is 16.5 Å². The normalized spacial score (nSPS) is 11.4. The van der Waals surface area contributed by atoms with Crippen molar-refractivity contribution < 1.29 is 27.1 Å². The summed E-state index contributed by atoms with van der Waals surface area (Å²) in [5.74, 6) is -0.0509. The van der Waals surface area contributed by atoms with Gasteiger partial charge in [0.1, 0.15) is 12.0 Å². The summed E-state index contributed by atoms with van der Waals surface area (Å²) in [6.45, 7) is 1.26. The van der Waals surface area contributed by atoms with E-state index < -0.39 is 17.5 Å². The van der Waals surface area contributed by atoms with Crippen LogP contribution in [-0.2, 0) is 12.8 Å². The zero-order chi connectivity index (χ0) is 14.8. The number of hydrogen-bond acceptors (Lipinski definition) is 5. The highest BCUT2D eigenvalue weighted by Gasteiger charge is 2.34. The van der Waals surface area contributed by atoms with E-state index >= 15 is 0 Å². The molecule has 106 valence electrons. The first-order valence-corrected chi connectivity index (χ1v) is 5.48. The number of aryl methyl sites for hydroxylation is 1. The van der Waals surface area contributed by atoms with Crippen LogP contribution in [0.25, 0.3) is 0 Å². The lowest BCUT2D eigenvalue weighted by Gasteiger charge is -2.13. The fraction of sp³-hybridized carbons (Fsp3) is 0.250. The number of nitrogens with zero attached hydrogens (tertiary/aromatic N) is 2. The molecule has 0 amide bonds. The molecule has 5 nitrogen and oxygen atoms in total. The Labute approximate surface area is 111 Å². The Hall–Kier alpha value is -2.38. The Morgan fingerprint density at radius 1 is 1.35 bits per heavy atom. The fourth-order valence-corrected chi connectivity index (χ4v) is 1.50. The van der Waals surface area contributed by atoms with Gasteiger partial charge in [-0.3, -0.25) is 4.79 Å². The summed E-state index contributed by atoms with van der Waals surface area (Å²) in [5.41, 5.74) is -1.11. The van der Waals surface area contributed by atoms with Gasteiger partial charge in [0, 0.05) is 12.5 Å². The van der Waals surface area contributed by atoms with E-state index in [0.29, 0.717) is 6.29 Å². The topological polar surface area (TPSA) is 65.2 Å². The van der Waals surface area contributed by atoms with Crippen molar-refractivity contribution >= 4 is 6.29 Å². The molecule has 0 aliphatic heterocycles. The lowest BCUT2D eigenvalue weighted by molar-refractivity contribution is -0.139. The Balaban J connectivity index is 2.24. The lowest BCUT2D eigenvalue weighted by atomic mass is 10.1. The Morgan fingerprint density at radius 3 is 2.65 bits per heavy atom. The van der Waals surface area contributed by atoms with Gasteiger partial charge >= 0.3 is 6.18 Å². The molecule has 2 aromatic rings. The van der Waals surface area contributed by atoms with Gasteiger partial charge in [0.05, 0.1) is 5.56 Å². The van der Waals surface area contributed by atoms with Crippen LogP contribution >= 0.6 is 0 Å². The number of ether oxygens (including phenoxy) is 1. The molecular weight excluding hydrogens is 277 g/mol. The Bertz CT molecular complexity index is 623. The molecular formula is C12H9F3N2O3. The van der Waals surface area contributed by atoms with Crippen LogP contribution < -0.4 is 4.74 Å². The minimum atomic E-state index is -4.63. The molecule has 0 fully saturated rings. The van der Waals surface area contributed by atoms with Gasteiger partial charge in [-0.25, -0.2) is 0 Å². The number of rotatable bonds is 4. The van der Waals surface area contributed by atoms with Gasteiger partial charge in [-0.05, 0) is 18.2 Å². The van der Waals surface area contributed by atoms with Gasteiger partial charge in [-0.2, -0.15) is 13.2 Å². The summed E-state index contributed by atoms with van der Waals surface area (Å²) >= 11 is 0. The summed E-state index contributed by atoms with van der Waals surface area (Å²) in [4.78, 5) is 10.5. The highest BCUT2D eigenvalue weighted by Crippen LogP contribution is 2.36. The number of aromatic nitrogens is 2. The van der Waals surface area contributed by atoms with Crippen LogP contribution in [0.2, 0.25) is 0 Å². The van der Waals surface area contributed by atoms with Gasteiger partial charge in [-0.15, -0.1) is 10.2 Å². The second-order valence-corrected chi connectivity index (χ2v) is 3.87. The number of benzene rings is 1. The van der Waals surface area contributed by atoms with Crippen molar-refractivity contribution in [2.45, 2.75) is 19.7 Å². The summed E-state index contributed by atoms with van der Waals surface area (Å²) in [7, 11) is 0. The van der Waals surface area contributed by atoms with Gasteiger partial charge in [0.15, 0.2) is 6.61 Å². The van der Waals surface area contributed by atoms with Crippen LogP contribution in [0.1, 0.15) is 27.7 Å². The van der Waals surface area contributed by atoms with E-state index in [1.165, 1.54) is 6.07 Å². The molecule has 0 bridgehead atoms. The van der Waals surface area contributed by atoms with E-state index in [9.17, 15) is 18.0 Å². The second kappa shape index (κ2) is 5.32. The van der Waals surface area contributed by atoms with Gasteiger partial charge in [-0.1, -0.05) is 0 Å². The summed E-state index contributed by atoms with van der Waals surface area (Å²) < 4.78 is 48.6. The number of alkyl halides is 3. The fourth-order valence-electron chi connectivity index (χ4n) is 1.50. The van der Waals surface area contributed by atoms with E-state index in [4.69, 9.17) is 9.15 Å². The third-order valence-electron chi connectivity index (χ3n) is 2.36. The predicted octanol–water partition coefficient (Wildman–Crippen LogP) is 2.79. The van der Waals surface area contributed by atoms with Gasteiger partial charge in [0.2, 0.25) is 5.89 Å². The third kappa shape index (κ3) is 3.14. The first-order chi connectivity index (χ1) is 9.40. The lowest BCUT2D eigenvalue weighted by Crippen LogP contribution is -2.09. The predicted molar refractivity (Wildman–Crippen MR) is 60.2 cm³/mol. The molecule has 0 spiro atoms. The number of hydrogen-bond donors (Lipinski definition) is 0. The van der Waals surface area contributed by atoms with Crippen molar-refractivity contribution in [3.63, 3.8) is 0 Å². The van der Waals surface area contributed by atoms with Crippen LogP contribution in [0.15, 0.2) is 22.6 Å². The molecule has 0 saturated carbocycles. The first kappa shape index (κ1) is 14.0. The number of halogens is 3. The third-order valence-corrected chi connectivity index (χ3v) is 2.36. The molecule has 0 atom stereocenters. The molecule has 0 saturated heterocycles. The molecule has 8 heteroatoms. The molecule has 0 radical (unpaired) electrons. The average molecular weight is 286 g/mol. The Kier molecular flexibility index (Phi) is 3.73. The highest BCUT2D eigenvalue weighted by atomic mass is 19.4. The average Bonchev–Trinajstić information content (AvgIpc) is 2.81. The molecule has 1 heterocycles. The van der Waals surface area contributed by atoms with Crippen LogP contribution in [0.3, 0.4) is 0 Å². The minimum absolute atomic E-state index is 0.0649. The Morgan fingerprint density at radius 2 is 2.10 bits per heavy atom. The van der Waals surface area contributed by atoms with Crippen molar-refractivity contribution in [2.24, 2.45) is 0 Å². The first-order valence-electron chi connectivity index (χ1n) is 5.48. The highest BCUT2D eigenvalue weighted by molar-refractivity contribution is 5.75. The zero-order valence-electron chi connectivity index (χ0n) is 10.3. The van der Waals surface area contributed by atoms with E-state index in [2.05, 4.69) is 10.2 Å². The number of carbonyl (C=O) groups is 1. The van der Waals surface area contributed by atoms with Gasteiger partial charge in [0.25, 0.3) is 5.89 Å². The molecule has 2 rings (SSSR count). The van der Waals surface area contributed by atoms with Crippen molar-refractivity contribution in [3.8, 4) is 5.75 Å². The van der Waals surface area contributed by atoms with Crippen LogP contribution in [0.5, 0.6) is 5.75 Å². The standard InChI is InChI=1S/C12H9F3N2O3/c1-7-16-17-11(20-7)6-19-10-3-2-8(5-18)4-9(10)12(13,14)15/h2-5H,6H2,1H3. The number of aldehydes is 1. The van der Waals surface area contributed by atoms with Crippen molar-refractivity contribution in [3.05, 3.63) is 41.1 Å². The van der Waals surface area contributed by atoms with Crippen molar-refractivity contribution in [2.75, 3.05) is 0 Å². The van der Waals surface area contributed by atoms with E-state index in [1.807, 2.05) is 0 Å². The summed E-state index contributed by atoms with van der Waals surface area (Å²) in [5, 5.41) is 7.14. The van der Waals surface area contributed by atoms with Gasteiger partial charge < -0.3 is 9.15 Å². The largest absolute Gasteiger partial charge is 0.483 e. The second-order valence-electron chi connectivity index (χ2n) is 3.87. The van der Waals surface area contributed by atoms with Crippen molar-refractivity contribution in [1.29, 1.82) is 0 Å². The van der Waals surface area contributed by atoms with E-state index in [0.717, 1.165) is 12.1 Å². The molecule has 0 N–H and O–H groups in total. The smallest absolute Gasteiger partial charge is 0.419 e. The maximum Gasteiger partial charge on any atom is 0.419 e. The molecule has 0 unspecified atom stereocenters. The molecule has 0 aliphatic rings. The molecule has 1 aromatic heterocycles. The van der Waals surface area contributed by atoms with E-state index in [-0.39, 0.29) is 24.0 Å². The maximum atomic E-state index is 12.8. The zero-order valence-corrected chi connectivity index (χ0v) is 10.3. The molecule has 1 aromatic carbocycles. The monoisotopic (exact) mass is 286 g/mol. The molecule has 0 aliphatic carbocycles. The van der Waals surface area contributed by atoms with Crippen molar-refractivity contribution in [1.82, 2.24) is 10.2 Å². The summed E-state index contributed by atoms with van der Waals surface area (Å²) in [6, 6.07) is 3.04. The quantitative estimate of drug-likeness (QED) is 0.808. The SMILES string of the molecule is Cc1nnc(COc2ccc(C=O)cc2C(F)(F)F)o1. The molecule has 20 heavy (non-hydrogen) atoms. The van der Waals surface area contributed by atoms with Crippen LogP contribution in [0.4, 0.5) is 13.2 Å². The van der Waals surface area contributed by atoms with E-state index in [1.54, 1.807) is 6.92 Å². The number of carbonyl (C=O) groups excluding carboxylic acids is 1. The minimum Gasteiger partial charge on any atom is -0.483 e. The maximum absolute atomic E-state index is 12.8. The summed E-state index contributed by atoms with van der Waals surface area (Å²) in [6.07, 6.45) is -4.29. The van der Waals surface area contributed by atoms with Crippen LogP contribution in [0, 0.1) is 6.92 Å².